The van der Waals surface area contributed by atoms with E-state index in [1.165, 1.54) is 0 Å². The molecule has 0 radical (unpaired) electrons. The molecule has 0 amide bonds. The summed E-state index contributed by atoms with van der Waals surface area (Å²) in [7, 11) is 0. The normalized spacial score (nSPS) is 9.83. The second-order valence-corrected chi connectivity index (χ2v) is 2.81. The first-order valence-electron chi connectivity index (χ1n) is 3.66. The number of nitrogens with one attached hydrogen (secondary N) is 1. The molecule has 0 aromatic heterocycles. The maximum atomic E-state index is 9.30. The predicted molar refractivity (Wildman–Crippen MR) is 50.7 cm³/mol. The van der Waals surface area contributed by atoms with Crippen LogP contribution in [0.1, 0.15) is 0 Å². The third-order valence-corrected chi connectivity index (χ3v) is 1.65. The number of phenols is 1. The number of aromatic hydroxyl groups is 1. The van der Waals surface area contributed by atoms with Crippen LogP contribution in [0.25, 0.3) is 0 Å². The van der Waals surface area contributed by atoms with Crippen molar-refractivity contribution in [3.63, 3.8) is 0 Å². The van der Waals surface area contributed by atoms with Gasteiger partial charge in [-0.05, 0) is 18.2 Å². The fourth-order valence-corrected chi connectivity index (χ4v) is 1.03. The Hall–Kier alpha value is -0.930. The lowest BCUT2D eigenvalue weighted by atomic mass is 10.3. The maximum Gasteiger partial charge on any atom is 0.138 e. The van der Waals surface area contributed by atoms with Crippen molar-refractivity contribution in [3.05, 3.63) is 23.2 Å². The molecule has 3 nitrogen and oxygen atoms in total. The summed E-state index contributed by atoms with van der Waals surface area (Å²) in [5.41, 5.74) is 5.91. The summed E-state index contributed by atoms with van der Waals surface area (Å²) in [5.74, 6) is 0.188. The zero-order valence-electron chi connectivity index (χ0n) is 6.55. The largest absolute Gasteiger partial charge is 0.506 e. The summed E-state index contributed by atoms with van der Waals surface area (Å²) >= 11 is 5.71. The number of hydrogen-bond acceptors (Lipinski definition) is 3. The zero-order valence-corrected chi connectivity index (χ0v) is 7.30. The van der Waals surface area contributed by atoms with Crippen molar-refractivity contribution in [3.8, 4) is 5.75 Å². The molecule has 0 atom stereocenters. The van der Waals surface area contributed by atoms with Crippen LogP contribution in [0.15, 0.2) is 18.2 Å². The highest BCUT2D eigenvalue weighted by atomic mass is 35.5. The SMILES string of the molecule is NCCNc1cc(Cl)ccc1O. The molecule has 0 bridgehead atoms. The highest BCUT2D eigenvalue weighted by Gasteiger charge is 1.99. The second kappa shape index (κ2) is 4.18. The summed E-state index contributed by atoms with van der Waals surface area (Å²) in [5, 5.41) is 12.8. The Balaban J connectivity index is 2.75. The molecule has 0 heterocycles. The van der Waals surface area contributed by atoms with E-state index in [1.807, 2.05) is 0 Å². The summed E-state index contributed by atoms with van der Waals surface area (Å²) < 4.78 is 0. The highest BCUT2D eigenvalue weighted by Crippen LogP contribution is 2.25. The molecule has 0 saturated carbocycles. The first-order valence-corrected chi connectivity index (χ1v) is 4.04. The van der Waals surface area contributed by atoms with E-state index in [4.69, 9.17) is 17.3 Å². The molecule has 0 saturated heterocycles. The Morgan fingerprint density at radius 3 is 2.92 bits per heavy atom. The molecule has 66 valence electrons. The van der Waals surface area contributed by atoms with Crippen molar-refractivity contribution in [2.75, 3.05) is 18.4 Å². The van der Waals surface area contributed by atoms with Gasteiger partial charge in [-0.2, -0.15) is 0 Å². The standard InChI is InChI=1S/C8H11ClN2O/c9-6-1-2-8(12)7(5-6)11-4-3-10/h1-2,5,11-12H,3-4,10H2. The third kappa shape index (κ3) is 2.29. The van der Waals surface area contributed by atoms with Crippen LogP contribution >= 0.6 is 11.6 Å². The quantitative estimate of drug-likeness (QED) is 0.626. The van der Waals surface area contributed by atoms with Gasteiger partial charge in [0.15, 0.2) is 0 Å². The fraction of sp³-hybridized carbons (Fsp3) is 0.250. The van der Waals surface area contributed by atoms with Crippen LogP contribution in [0.4, 0.5) is 5.69 Å². The Labute approximate surface area is 76.1 Å². The zero-order chi connectivity index (χ0) is 8.97. The minimum absolute atomic E-state index is 0.188. The molecule has 4 N–H and O–H groups in total. The van der Waals surface area contributed by atoms with E-state index < -0.39 is 0 Å². The van der Waals surface area contributed by atoms with Gasteiger partial charge in [-0.1, -0.05) is 11.6 Å². The molecule has 12 heavy (non-hydrogen) atoms. The highest BCUT2D eigenvalue weighted by molar-refractivity contribution is 6.30. The van der Waals surface area contributed by atoms with E-state index in [0.29, 0.717) is 23.8 Å². The Morgan fingerprint density at radius 2 is 2.25 bits per heavy atom. The van der Waals surface area contributed by atoms with Crippen LogP contribution in [0.3, 0.4) is 0 Å². The first kappa shape index (κ1) is 9.16. The van der Waals surface area contributed by atoms with E-state index in [1.54, 1.807) is 18.2 Å². The Bertz CT molecular complexity index is 265. The Morgan fingerprint density at radius 1 is 1.50 bits per heavy atom. The average molecular weight is 187 g/mol. The molecule has 0 aliphatic carbocycles. The number of benzene rings is 1. The van der Waals surface area contributed by atoms with Gasteiger partial charge in [-0.15, -0.1) is 0 Å². The van der Waals surface area contributed by atoms with Gasteiger partial charge in [0.25, 0.3) is 0 Å². The summed E-state index contributed by atoms with van der Waals surface area (Å²) in [6.07, 6.45) is 0. The van der Waals surface area contributed by atoms with Gasteiger partial charge in [-0.25, -0.2) is 0 Å². The van der Waals surface area contributed by atoms with Crippen molar-refractivity contribution in [2.24, 2.45) is 5.73 Å². The van der Waals surface area contributed by atoms with Crippen molar-refractivity contribution in [1.29, 1.82) is 0 Å². The van der Waals surface area contributed by atoms with Crippen molar-refractivity contribution in [1.82, 2.24) is 0 Å². The van der Waals surface area contributed by atoms with Crippen LogP contribution in [-0.2, 0) is 0 Å². The summed E-state index contributed by atoms with van der Waals surface area (Å²) in [4.78, 5) is 0. The molecule has 0 spiro atoms. The minimum Gasteiger partial charge on any atom is -0.506 e. The molecule has 1 aromatic rings. The lowest BCUT2D eigenvalue weighted by Gasteiger charge is -2.06. The topological polar surface area (TPSA) is 58.3 Å². The summed E-state index contributed by atoms with van der Waals surface area (Å²) in [6.45, 7) is 1.14. The molecule has 0 aliphatic rings. The molecular formula is C8H11ClN2O. The third-order valence-electron chi connectivity index (χ3n) is 1.42. The van der Waals surface area contributed by atoms with Gasteiger partial charge in [0, 0.05) is 18.1 Å². The van der Waals surface area contributed by atoms with Crippen molar-refractivity contribution in [2.45, 2.75) is 0 Å². The number of phenolic OH excluding ortho intramolecular Hbond substituents is 1. The fourth-order valence-electron chi connectivity index (χ4n) is 0.857. The van der Waals surface area contributed by atoms with Gasteiger partial charge in [-0.3, -0.25) is 0 Å². The molecule has 0 unspecified atom stereocenters. The monoisotopic (exact) mass is 186 g/mol. The van der Waals surface area contributed by atoms with E-state index in [-0.39, 0.29) is 5.75 Å². The number of hydrogen-bond donors (Lipinski definition) is 3. The second-order valence-electron chi connectivity index (χ2n) is 2.38. The number of rotatable bonds is 3. The smallest absolute Gasteiger partial charge is 0.138 e. The molecular weight excluding hydrogens is 176 g/mol. The van der Waals surface area contributed by atoms with Gasteiger partial charge >= 0.3 is 0 Å². The first-order chi connectivity index (χ1) is 5.74. The van der Waals surface area contributed by atoms with Crippen LogP contribution in [-0.4, -0.2) is 18.2 Å². The molecule has 0 fully saturated rings. The number of anilines is 1. The van der Waals surface area contributed by atoms with E-state index in [0.717, 1.165) is 0 Å². The molecule has 1 rings (SSSR count). The predicted octanol–water partition coefficient (Wildman–Crippen LogP) is 1.42. The van der Waals surface area contributed by atoms with Gasteiger partial charge in [0.05, 0.1) is 5.69 Å². The van der Waals surface area contributed by atoms with E-state index >= 15 is 0 Å². The Kier molecular flexibility index (Phi) is 3.19. The number of nitrogens with two attached hydrogens (primary N) is 1. The average Bonchev–Trinajstić information content (AvgIpc) is 2.07. The molecule has 0 aliphatic heterocycles. The summed E-state index contributed by atoms with van der Waals surface area (Å²) in [6, 6.07) is 4.83. The van der Waals surface area contributed by atoms with E-state index in [2.05, 4.69) is 5.32 Å². The van der Waals surface area contributed by atoms with Crippen LogP contribution < -0.4 is 11.1 Å². The van der Waals surface area contributed by atoms with Crippen LogP contribution in [0.5, 0.6) is 5.75 Å². The van der Waals surface area contributed by atoms with Gasteiger partial charge in [0.1, 0.15) is 5.75 Å². The van der Waals surface area contributed by atoms with Crippen LogP contribution in [0, 0.1) is 0 Å². The minimum atomic E-state index is 0.188. The lowest BCUT2D eigenvalue weighted by molar-refractivity contribution is 0.477. The van der Waals surface area contributed by atoms with Gasteiger partial charge in [0.2, 0.25) is 0 Å². The number of halogens is 1. The van der Waals surface area contributed by atoms with Crippen molar-refractivity contribution >= 4 is 17.3 Å². The molecule has 4 heteroatoms. The lowest BCUT2D eigenvalue weighted by Crippen LogP contribution is -2.13. The van der Waals surface area contributed by atoms with Crippen LogP contribution in [0.2, 0.25) is 5.02 Å². The van der Waals surface area contributed by atoms with E-state index in [9.17, 15) is 5.11 Å². The van der Waals surface area contributed by atoms with Crippen molar-refractivity contribution < 1.29 is 5.11 Å². The molecule has 1 aromatic carbocycles. The van der Waals surface area contributed by atoms with Gasteiger partial charge < -0.3 is 16.2 Å². The maximum absolute atomic E-state index is 9.30.